The van der Waals surface area contributed by atoms with Crippen LogP contribution in [0.1, 0.15) is 38.5 Å². The van der Waals surface area contributed by atoms with Gasteiger partial charge in [-0.1, -0.05) is 19.3 Å². The molecule has 0 spiro atoms. The molecule has 1 aliphatic carbocycles. The molecule has 0 radical (unpaired) electrons. The molecule has 1 saturated carbocycles. The molecule has 3 rings (SSSR count). The number of rotatable bonds is 4. The third-order valence-corrected chi connectivity index (χ3v) is 4.77. The second-order valence-electron chi connectivity index (χ2n) is 6.57. The molecule has 1 heterocycles. The number of ether oxygens (including phenoxy) is 1. The van der Waals surface area contributed by atoms with Crippen LogP contribution in [0.4, 0.5) is 15.8 Å². The smallest absolute Gasteiger partial charge is 0.229 e. The molecular formula is C18H23FN2O3. The number of hydrogen-bond donors (Lipinski definition) is 2. The summed E-state index contributed by atoms with van der Waals surface area (Å²) in [5, 5.41) is 5.44. The summed E-state index contributed by atoms with van der Waals surface area (Å²) < 4.78 is 19.2. The van der Waals surface area contributed by atoms with Crippen molar-refractivity contribution in [3.05, 3.63) is 24.0 Å². The SMILES string of the molecule is O=C(Nc1ccc(F)c(NC(=O)C2CCCCC2)c1)C1CCOC1. The lowest BCUT2D eigenvalue weighted by molar-refractivity contribution is -0.121. The minimum absolute atomic E-state index is 0.0490. The number of carbonyl (C=O) groups is 2. The van der Waals surface area contributed by atoms with Crippen LogP contribution in [-0.4, -0.2) is 25.0 Å². The molecule has 1 aromatic carbocycles. The highest BCUT2D eigenvalue weighted by molar-refractivity contribution is 5.96. The van der Waals surface area contributed by atoms with Gasteiger partial charge in [-0.05, 0) is 37.5 Å². The highest BCUT2D eigenvalue weighted by Crippen LogP contribution is 2.27. The topological polar surface area (TPSA) is 67.4 Å². The minimum Gasteiger partial charge on any atom is -0.381 e. The lowest BCUT2D eigenvalue weighted by Gasteiger charge is -2.21. The molecule has 2 fully saturated rings. The molecule has 0 bridgehead atoms. The summed E-state index contributed by atoms with van der Waals surface area (Å²) in [4.78, 5) is 24.4. The van der Waals surface area contributed by atoms with Gasteiger partial charge in [0, 0.05) is 18.2 Å². The molecule has 5 nitrogen and oxygen atoms in total. The molecule has 1 aliphatic heterocycles. The molecular weight excluding hydrogens is 311 g/mol. The molecule has 1 unspecified atom stereocenters. The number of hydrogen-bond acceptors (Lipinski definition) is 3. The Morgan fingerprint density at radius 1 is 1.00 bits per heavy atom. The van der Waals surface area contributed by atoms with E-state index in [1.807, 2.05) is 0 Å². The summed E-state index contributed by atoms with van der Waals surface area (Å²) in [6.45, 7) is 1.00. The maximum atomic E-state index is 14.0. The van der Waals surface area contributed by atoms with E-state index in [0.29, 0.717) is 25.3 Å². The minimum atomic E-state index is -0.499. The number of amides is 2. The maximum absolute atomic E-state index is 14.0. The van der Waals surface area contributed by atoms with E-state index in [9.17, 15) is 14.0 Å². The highest BCUT2D eigenvalue weighted by Gasteiger charge is 2.24. The zero-order chi connectivity index (χ0) is 16.9. The lowest BCUT2D eigenvalue weighted by Crippen LogP contribution is -2.25. The van der Waals surface area contributed by atoms with Crippen LogP contribution in [0, 0.1) is 17.7 Å². The Labute approximate surface area is 141 Å². The second-order valence-corrected chi connectivity index (χ2v) is 6.57. The Kier molecular flexibility index (Phi) is 5.45. The van der Waals surface area contributed by atoms with E-state index in [1.165, 1.54) is 18.2 Å². The standard InChI is InChI=1S/C18H23FN2O3/c19-15-7-6-14(20-18(23)13-8-9-24-11-13)10-16(15)21-17(22)12-4-2-1-3-5-12/h6-7,10,12-13H,1-5,8-9,11H2,(H,20,23)(H,21,22). The number of benzene rings is 1. The first-order chi connectivity index (χ1) is 11.6. The first-order valence-electron chi connectivity index (χ1n) is 8.62. The first-order valence-corrected chi connectivity index (χ1v) is 8.62. The summed E-state index contributed by atoms with van der Waals surface area (Å²) in [5.41, 5.74) is 0.596. The largest absolute Gasteiger partial charge is 0.381 e. The summed E-state index contributed by atoms with van der Waals surface area (Å²) >= 11 is 0. The maximum Gasteiger partial charge on any atom is 0.229 e. The van der Waals surface area contributed by atoms with Crippen molar-refractivity contribution >= 4 is 23.2 Å². The third-order valence-electron chi connectivity index (χ3n) is 4.77. The molecule has 0 aromatic heterocycles. The highest BCUT2D eigenvalue weighted by atomic mass is 19.1. The Hall–Kier alpha value is -1.95. The van der Waals surface area contributed by atoms with Gasteiger partial charge in [-0.25, -0.2) is 4.39 Å². The van der Waals surface area contributed by atoms with Crippen LogP contribution in [0.15, 0.2) is 18.2 Å². The summed E-state index contributed by atoms with van der Waals surface area (Å²) in [5.74, 6) is -0.992. The fourth-order valence-electron chi connectivity index (χ4n) is 3.28. The van der Waals surface area contributed by atoms with Crippen molar-refractivity contribution in [2.24, 2.45) is 11.8 Å². The number of nitrogens with one attached hydrogen (secondary N) is 2. The fourth-order valence-corrected chi connectivity index (χ4v) is 3.28. The molecule has 2 aliphatic rings. The molecule has 6 heteroatoms. The van der Waals surface area contributed by atoms with Crippen molar-refractivity contribution < 1.29 is 18.7 Å². The molecule has 130 valence electrons. The van der Waals surface area contributed by atoms with Gasteiger partial charge < -0.3 is 15.4 Å². The molecule has 2 amide bonds. The lowest BCUT2D eigenvalue weighted by atomic mass is 9.88. The molecule has 1 atom stereocenters. The fraction of sp³-hybridized carbons (Fsp3) is 0.556. The number of halogens is 1. The van der Waals surface area contributed by atoms with E-state index in [-0.39, 0.29) is 29.3 Å². The Balaban J connectivity index is 1.64. The van der Waals surface area contributed by atoms with E-state index in [1.54, 1.807) is 0 Å². The van der Waals surface area contributed by atoms with E-state index < -0.39 is 5.82 Å². The van der Waals surface area contributed by atoms with Crippen molar-refractivity contribution in [2.45, 2.75) is 38.5 Å². The van der Waals surface area contributed by atoms with Gasteiger partial charge in [0.25, 0.3) is 0 Å². The van der Waals surface area contributed by atoms with Gasteiger partial charge >= 0.3 is 0 Å². The van der Waals surface area contributed by atoms with Crippen molar-refractivity contribution in [2.75, 3.05) is 23.8 Å². The number of anilines is 2. The van der Waals surface area contributed by atoms with Crippen LogP contribution >= 0.6 is 0 Å². The Morgan fingerprint density at radius 3 is 2.46 bits per heavy atom. The Morgan fingerprint density at radius 2 is 1.75 bits per heavy atom. The predicted octanol–water partition coefficient (Wildman–Crippen LogP) is 3.32. The van der Waals surface area contributed by atoms with Crippen LogP contribution in [0.2, 0.25) is 0 Å². The quantitative estimate of drug-likeness (QED) is 0.887. The van der Waals surface area contributed by atoms with E-state index in [0.717, 1.165) is 32.1 Å². The van der Waals surface area contributed by atoms with Gasteiger partial charge in [-0.2, -0.15) is 0 Å². The second kappa shape index (κ2) is 7.75. The van der Waals surface area contributed by atoms with Crippen molar-refractivity contribution in [1.29, 1.82) is 0 Å². The van der Waals surface area contributed by atoms with Gasteiger partial charge in [0.2, 0.25) is 11.8 Å². The average molecular weight is 334 g/mol. The van der Waals surface area contributed by atoms with Gasteiger partial charge in [-0.3, -0.25) is 9.59 Å². The van der Waals surface area contributed by atoms with Crippen molar-refractivity contribution in [3.63, 3.8) is 0 Å². The number of carbonyl (C=O) groups excluding carboxylic acids is 2. The third kappa shape index (κ3) is 4.12. The van der Waals surface area contributed by atoms with Crippen molar-refractivity contribution in [1.82, 2.24) is 0 Å². The molecule has 24 heavy (non-hydrogen) atoms. The summed E-state index contributed by atoms with van der Waals surface area (Å²) in [7, 11) is 0. The molecule has 1 saturated heterocycles. The van der Waals surface area contributed by atoms with Gasteiger partial charge in [0.15, 0.2) is 0 Å². The molecule has 1 aromatic rings. The van der Waals surface area contributed by atoms with E-state index in [4.69, 9.17) is 4.74 Å². The van der Waals surface area contributed by atoms with Crippen molar-refractivity contribution in [3.8, 4) is 0 Å². The van der Waals surface area contributed by atoms with Gasteiger partial charge in [0.1, 0.15) is 5.82 Å². The normalized spacial score (nSPS) is 21.5. The van der Waals surface area contributed by atoms with Crippen LogP contribution in [0.25, 0.3) is 0 Å². The average Bonchev–Trinajstić information content (AvgIpc) is 3.13. The monoisotopic (exact) mass is 334 g/mol. The van der Waals surface area contributed by atoms with E-state index >= 15 is 0 Å². The zero-order valence-electron chi connectivity index (χ0n) is 13.6. The first kappa shape index (κ1) is 16.9. The van der Waals surface area contributed by atoms with Crippen LogP contribution < -0.4 is 10.6 Å². The molecule has 2 N–H and O–H groups in total. The summed E-state index contributed by atoms with van der Waals surface area (Å²) in [6, 6.07) is 4.24. The van der Waals surface area contributed by atoms with Crippen LogP contribution in [-0.2, 0) is 14.3 Å². The van der Waals surface area contributed by atoms with E-state index in [2.05, 4.69) is 10.6 Å². The predicted molar refractivity (Wildman–Crippen MR) is 89.2 cm³/mol. The van der Waals surface area contributed by atoms with Gasteiger partial charge in [0.05, 0.1) is 18.2 Å². The van der Waals surface area contributed by atoms with Crippen LogP contribution in [0.5, 0.6) is 0 Å². The van der Waals surface area contributed by atoms with Gasteiger partial charge in [-0.15, -0.1) is 0 Å². The zero-order valence-corrected chi connectivity index (χ0v) is 13.6. The van der Waals surface area contributed by atoms with Crippen LogP contribution in [0.3, 0.4) is 0 Å². The Bertz CT molecular complexity index is 608. The summed E-state index contributed by atoms with van der Waals surface area (Å²) in [6.07, 6.45) is 5.64.